The number of thiazole rings is 1. The van der Waals surface area contributed by atoms with Crippen LogP contribution in [0.15, 0.2) is 36.5 Å². The normalized spacial score (nSPS) is 11.7. The van der Waals surface area contributed by atoms with Gasteiger partial charge in [0.25, 0.3) is 0 Å². The number of aliphatic hydroxyl groups excluding tert-OH is 1. The Morgan fingerprint density at radius 2 is 2.00 bits per heavy atom. The molecule has 0 aliphatic heterocycles. The molecule has 96 valence electrons. The van der Waals surface area contributed by atoms with Crippen LogP contribution in [0.5, 0.6) is 0 Å². The number of benzene rings is 1. The Hall–Kier alpha value is -1.23. The molecule has 0 saturated heterocycles. The number of nitrogens with zero attached hydrogens (tertiary/aromatic N) is 1. The molecule has 2 rings (SSSR count). The molecule has 18 heavy (non-hydrogen) atoms. The van der Waals surface area contributed by atoms with Gasteiger partial charge in [0.15, 0.2) is 0 Å². The van der Waals surface area contributed by atoms with Crippen molar-refractivity contribution in [2.75, 3.05) is 6.61 Å². The summed E-state index contributed by atoms with van der Waals surface area (Å²) in [5.74, 6) is 0. The third-order valence-corrected chi connectivity index (χ3v) is 3.76. The van der Waals surface area contributed by atoms with Gasteiger partial charge in [-0.1, -0.05) is 30.3 Å². The van der Waals surface area contributed by atoms with Crippen LogP contribution in [0.3, 0.4) is 0 Å². The molecule has 1 heterocycles. The predicted molar refractivity (Wildman–Crippen MR) is 75.6 cm³/mol. The summed E-state index contributed by atoms with van der Waals surface area (Å²) in [5.41, 5.74) is 0.895. The van der Waals surface area contributed by atoms with Gasteiger partial charge in [-0.2, -0.15) is 0 Å². The lowest BCUT2D eigenvalue weighted by Gasteiger charge is -2.22. The highest BCUT2D eigenvalue weighted by molar-refractivity contribution is 7.15. The van der Waals surface area contributed by atoms with Gasteiger partial charge < -0.3 is 10.4 Å². The Bertz CT molecular complexity index is 494. The van der Waals surface area contributed by atoms with Crippen LogP contribution in [0.25, 0.3) is 10.6 Å². The molecule has 0 fully saturated rings. The van der Waals surface area contributed by atoms with E-state index < -0.39 is 0 Å². The largest absolute Gasteiger partial charge is 0.394 e. The van der Waals surface area contributed by atoms with Crippen LogP contribution in [0.2, 0.25) is 0 Å². The summed E-state index contributed by atoms with van der Waals surface area (Å²) in [5, 5.41) is 13.5. The van der Waals surface area contributed by atoms with Gasteiger partial charge in [0.1, 0.15) is 5.01 Å². The van der Waals surface area contributed by atoms with E-state index in [0.717, 1.165) is 17.1 Å². The molecular formula is C14H18N2OS. The average molecular weight is 262 g/mol. The van der Waals surface area contributed by atoms with Crippen LogP contribution in [0.1, 0.15) is 18.7 Å². The first-order chi connectivity index (χ1) is 8.61. The molecule has 0 radical (unpaired) electrons. The zero-order chi connectivity index (χ0) is 13.0. The second-order valence-electron chi connectivity index (χ2n) is 4.89. The lowest BCUT2D eigenvalue weighted by atomic mass is 10.1. The summed E-state index contributed by atoms with van der Waals surface area (Å²) < 4.78 is 0. The smallest absolute Gasteiger partial charge is 0.123 e. The molecular weight excluding hydrogens is 244 g/mol. The SMILES string of the molecule is CC(C)(CO)NCc1cnc(-c2ccccc2)s1. The first kappa shape index (κ1) is 13.2. The minimum atomic E-state index is -0.253. The zero-order valence-electron chi connectivity index (χ0n) is 10.7. The van der Waals surface area contributed by atoms with Crippen molar-refractivity contribution in [1.29, 1.82) is 0 Å². The Balaban J connectivity index is 2.03. The molecule has 1 aromatic carbocycles. The second kappa shape index (κ2) is 5.61. The van der Waals surface area contributed by atoms with Gasteiger partial charge in [0.05, 0.1) is 6.61 Å². The molecule has 4 heteroatoms. The van der Waals surface area contributed by atoms with Gasteiger partial charge >= 0.3 is 0 Å². The van der Waals surface area contributed by atoms with Crippen molar-refractivity contribution in [3.63, 3.8) is 0 Å². The summed E-state index contributed by atoms with van der Waals surface area (Å²) >= 11 is 1.68. The van der Waals surface area contributed by atoms with E-state index in [1.165, 1.54) is 4.88 Å². The van der Waals surface area contributed by atoms with Crippen LogP contribution in [-0.2, 0) is 6.54 Å². The van der Waals surface area contributed by atoms with E-state index in [-0.39, 0.29) is 12.1 Å². The Morgan fingerprint density at radius 3 is 2.67 bits per heavy atom. The highest BCUT2D eigenvalue weighted by Crippen LogP contribution is 2.24. The van der Waals surface area contributed by atoms with Gasteiger partial charge in [0.2, 0.25) is 0 Å². The number of aromatic nitrogens is 1. The number of aliphatic hydroxyl groups is 1. The molecule has 0 atom stereocenters. The highest BCUT2D eigenvalue weighted by atomic mass is 32.1. The summed E-state index contributed by atoms with van der Waals surface area (Å²) in [4.78, 5) is 5.61. The maximum absolute atomic E-state index is 9.18. The van der Waals surface area contributed by atoms with Crippen LogP contribution in [-0.4, -0.2) is 22.2 Å². The highest BCUT2D eigenvalue weighted by Gasteiger charge is 2.15. The van der Waals surface area contributed by atoms with Gasteiger partial charge in [-0.15, -0.1) is 11.3 Å². The van der Waals surface area contributed by atoms with E-state index >= 15 is 0 Å². The summed E-state index contributed by atoms with van der Waals surface area (Å²) in [6.07, 6.45) is 1.90. The lowest BCUT2D eigenvalue weighted by molar-refractivity contribution is 0.187. The van der Waals surface area contributed by atoms with E-state index in [4.69, 9.17) is 0 Å². The zero-order valence-corrected chi connectivity index (χ0v) is 11.5. The molecule has 0 amide bonds. The fourth-order valence-corrected chi connectivity index (χ4v) is 2.34. The second-order valence-corrected chi connectivity index (χ2v) is 6.01. The van der Waals surface area contributed by atoms with Crippen molar-refractivity contribution >= 4 is 11.3 Å². The standard InChI is InChI=1S/C14H18N2OS/c1-14(2,10-17)16-9-12-8-15-13(18-12)11-6-4-3-5-7-11/h3-8,16-17H,9-10H2,1-2H3. The molecule has 2 N–H and O–H groups in total. The minimum Gasteiger partial charge on any atom is -0.394 e. The molecule has 2 aromatic rings. The third-order valence-electron chi connectivity index (χ3n) is 2.71. The Labute approximate surface area is 112 Å². The van der Waals surface area contributed by atoms with E-state index in [9.17, 15) is 5.11 Å². The minimum absolute atomic E-state index is 0.122. The van der Waals surface area contributed by atoms with Gasteiger partial charge in [-0.05, 0) is 13.8 Å². The van der Waals surface area contributed by atoms with E-state index in [1.807, 2.05) is 38.2 Å². The van der Waals surface area contributed by atoms with E-state index in [1.54, 1.807) is 11.3 Å². The summed E-state index contributed by atoms with van der Waals surface area (Å²) in [6.45, 7) is 4.81. The topological polar surface area (TPSA) is 45.1 Å². The average Bonchev–Trinajstić information content (AvgIpc) is 2.86. The molecule has 0 spiro atoms. The van der Waals surface area contributed by atoms with Crippen LogP contribution < -0.4 is 5.32 Å². The summed E-state index contributed by atoms with van der Waals surface area (Å²) in [7, 11) is 0. The predicted octanol–water partition coefficient (Wildman–Crippen LogP) is 2.67. The fraction of sp³-hybridized carbons (Fsp3) is 0.357. The summed E-state index contributed by atoms with van der Waals surface area (Å²) in [6, 6.07) is 10.2. The van der Waals surface area contributed by atoms with Gasteiger partial charge in [-0.25, -0.2) is 4.98 Å². The Kier molecular flexibility index (Phi) is 4.11. The molecule has 0 aliphatic rings. The molecule has 0 aliphatic carbocycles. The fourth-order valence-electron chi connectivity index (χ4n) is 1.49. The number of rotatable bonds is 5. The maximum atomic E-state index is 9.18. The van der Waals surface area contributed by atoms with Crippen molar-refractivity contribution < 1.29 is 5.11 Å². The van der Waals surface area contributed by atoms with E-state index in [0.29, 0.717) is 0 Å². The number of hydrogen-bond acceptors (Lipinski definition) is 4. The third kappa shape index (κ3) is 3.38. The van der Waals surface area contributed by atoms with E-state index in [2.05, 4.69) is 22.4 Å². The molecule has 0 unspecified atom stereocenters. The quantitative estimate of drug-likeness (QED) is 0.871. The van der Waals surface area contributed by atoms with Crippen molar-refractivity contribution in [2.24, 2.45) is 0 Å². The van der Waals surface area contributed by atoms with Crippen molar-refractivity contribution in [2.45, 2.75) is 25.9 Å². The van der Waals surface area contributed by atoms with Crippen LogP contribution >= 0.6 is 11.3 Å². The van der Waals surface area contributed by atoms with Crippen LogP contribution in [0.4, 0.5) is 0 Å². The van der Waals surface area contributed by atoms with Gasteiger partial charge in [0, 0.05) is 28.7 Å². The monoisotopic (exact) mass is 262 g/mol. The van der Waals surface area contributed by atoms with Crippen molar-refractivity contribution in [3.8, 4) is 10.6 Å². The van der Waals surface area contributed by atoms with Crippen LogP contribution in [0, 0.1) is 0 Å². The molecule has 0 saturated carbocycles. The molecule has 0 bridgehead atoms. The first-order valence-corrected chi connectivity index (χ1v) is 6.78. The Morgan fingerprint density at radius 1 is 1.28 bits per heavy atom. The van der Waals surface area contributed by atoms with Crippen molar-refractivity contribution in [1.82, 2.24) is 10.3 Å². The molecule has 3 nitrogen and oxygen atoms in total. The molecule has 1 aromatic heterocycles. The number of nitrogens with one attached hydrogen (secondary N) is 1. The van der Waals surface area contributed by atoms with Gasteiger partial charge in [-0.3, -0.25) is 0 Å². The lowest BCUT2D eigenvalue weighted by Crippen LogP contribution is -2.41. The van der Waals surface area contributed by atoms with Crippen molar-refractivity contribution in [3.05, 3.63) is 41.4 Å². The maximum Gasteiger partial charge on any atom is 0.123 e. The number of hydrogen-bond donors (Lipinski definition) is 2. The first-order valence-electron chi connectivity index (χ1n) is 5.97.